The maximum Gasteiger partial charge on any atom is 0.340 e. The predicted molar refractivity (Wildman–Crippen MR) is 94.4 cm³/mol. The van der Waals surface area contributed by atoms with Crippen molar-refractivity contribution in [2.24, 2.45) is 0 Å². The Labute approximate surface area is 147 Å². The molecule has 0 aliphatic rings. The Morgan fingerprint density at radius 2 is 2.12 bits per heavy atom. The average Bonchev–Trinajstić information content (AvgIpc) is 3.15. The smallest absolute Gasteiger partial charge is 0.340 e. The van der Waals surface area contributed by atoms with Crippen LogP contribution >= 0.6 is 11.3 Å². The molecule has 7 nitrogen and oxygen atoms in total. The van der Waals surface area contributed by atoms with Crippen molar-refractivity contribution in [2.45, 2.75) is 27.3 Å². The average molecular weight is 359 g/mol. The van der Waals surface area contributed by atoms with E-state index in [2.05, 4.69) is 9.97 Å². The number of nitrogens with one attached hydrogen (secondary N) is 1. The fourth-order valence-electron chi connectivity index (χ4n) is 2.76. The van der Waals surface area contributed by atoms with Crippen LogP contribution in [0.3, 0.4) is 0 Å². The summed E-state index contributed by atoms with van der Waals surface area (Å²) >= 11 is 1.29. The van der Waals surface area contributed by atoms with Gasteiger partial charge >= 0.3 is 5.97 Å². The minimum absolute atomic E-state index is 0.150. The van der Waals surface area contributed by atoms with E-state index >= 15 is 0 Å². The molecule has 8 heteroatoms. The molecule has 0 amide bonds. The van der Waals surface area contributed by atoms with E-state index < -0.39 is 5.97 Å². The molecule has 3 rings (SSSR count). The number of hydrogen-bond acceptors (Lipinski definition) is 6. The summed E-state index contributed by atoms with van der Waals surface area (Å²) in [5.74, 6) is -0.761. The third-order valence-electron chi connectivity index (χ3n) is 3.95. The molecule has 3 aromatic rings. The van der Waals surface area contributed by atoms with Crippen molar-refractivity contribution in [3.63, 3.8) is 0 Å². The third kappa shape index (κ3) is 3.00. The molecule has 0 atom stereocenters. The SMILES string of the molecule is CCOC(=O)c1c(C)[nH]c(C(=O)Cn2cnc3ccsc3c2=O)c1C. The second-order valence-electron chi connectivity index (χ2n) is 5.58. The lowest BCUT2D eigenvalue weighted by Crippen LogP contribution is -2.24. The van der Waals surface area contributed by atoms with Gasteiger partial charge in [0.05, 0.1) is 36.3 Å². The highest BCUT2D eigenvalue weighted by Gasteiger charge is 2.23. The quantitative estimate of drug-likeness (QED) is 0.558. The molecule has 3 heterocycles. The maximum atomic E-state index is 12.6. The molecule has 0 unspecified atom stereocenters. The zero-order valence-corrected chi connectivity index (χ0v) is 14.9. The first-order valence-electron chi connectivity index (χ1n) is 7.76. The van der Waals surface area contributed by atoms with E-state index in [9.17, 15) is 14.4 Å². The second-order valence-corrected chi connectivity index (χ2v) is 6.50. The normalized spacial score (nSPS) is 11.0. The Hall–Kier alpha value is -2.74. The van der Waals surface area contributed by atoms with Gasteiger partial charge in [-0.05, 0) is 37.8 Å². The van der Waals surface area contributed by atoms with E-state index in [4.69, 9.17) is 4.74 Å². The van der Waals surface area contributed by atoms with E-state index in [0.717, 1.165) is 0 Å². The van der Waals surface area contributed by atoms with Crippen molar-refractivity contribution in [1.82, 2.24) is 14.5 Å². The van der Waals surface area contributed by atoms with E-state index in [1.165, 1.54) is 22.2 Å². The summed E-state index contributed by atoms with van der Waals surface area (Å²) in [5, 5.41) is 1.79. The summed E-state index contributed by atoms with van der Waals surface area (Å²) in [4.78, 5) is 44.2. The number of rotatable bonds is 5. The van der Waals surface area contributed by atoms with E-state index in [-0.39, 0.29) is 24.5 Å². The number of carbonyl (C=O) groups excluding carboxylic acids is 2. The van der Waals surface area contributed by atoms with E-state index in [1.54, 1.807) is 32.2 Å². The van der Waals surface area contributed by atoms with E-state index in [1.807, 2.05) is 0 Å². The summed E-state index contributed by atoms with van der Waals surface area (Å²) in [6.45, 7) is 5.23. The van der Waals surface area contributed by atoms with Crippen LogP contribution in [0.1, 0.15) is 39.0 Å². The Kier molecular flexibility index (Phi) is 4.54. The highest BCUT2D eigenvalue weighted by molar-refractivity contribution is 7.17. The summed E-state index contributed by atoms with van der Waals surface area (Å²) < 4.78 is 6.82. The topological polar surface area (TPSA) is 94.1 Å². The lowest BCUT2D eigenvalue weighted by molar-refractivity contribution is 0.0525. The molecule has 0 aromatic carbocycles. The first-order chi connectivity index (χ1) is 11.9. The monoisotopic (exact) mass is 359 g/mol. The zero-order valence-electron chi connectivity index (χ0n) is 14.1. The van der Waals surface area contributed by atoms with Crippen molar-refractivity contribution < 1.29 is 14.3 Å². The van der Waals surface area contributed by atoms with Gasteiger partial charge in [-0.15, -0.1) is 11.3 Å². The van der Waals surface area contributed by atoms with Crippen LogP contribution in [0, 0.1) is 13.8 Å². The summed E-state index contributed by atoms with van der Waals surface area (Å²) in [6.07, 6.45) is 1.37. The number of esters is 1. The molecule has 25 heavy (non-hydrogen) atoms. The summed E-state index contributed by atoms with van der Waals surface area (Å²) in [7, 11) is 0. The Morgan fingerprint density at radius 3 is 2.84 bits per heavy atom. The first-order valence-corrected chi connectivity index (χ1v) is 8.64. The molecule has 0 bridgehead atoms. The van der Waals surface area contributed by atoms with Gasteiger partial charge in [0.15, 0.2) is 5.78 Å². The lowest BCUT2D eigenvalue weighted by atomic mass is 10.1. The van der Waals surface area contributed by atoms with Crippen molar-refractivity contribution in [1.29, 1.82) is 0 Å². The van der Waals surface area contributed by atoms with Crippen LogP contribution in [-0.2, 0) is 11.3 Å². The number of fused-ring (bicyclic) bond motifs is 1. The largest absolute Gasteiger partial charge is 0.462 e. The van der Waals surface area contributed by atoms with E-state index in [0.29, 0.717) is 32.7 Å². The third-order valence-corrected chi connectivity index (χ3v) is 4.84. The fourth-order valence-corrected chi connectivity index (χ4v) is 3.56. The number of Topliss-reactive ketones (excluding diaryl/α,β-unsaturated/α-hetero) is 1. The zero-order chi connectivity index (χ0) is 18.1. The molecule has 0 aliphatic heterocycles. The molecule has 0 spiro atoms. The second kappa shape index (κ2) is 6.64. The van der Waals surface area contributed by atoms with Crippen molar-refractivity contribution in [3.05, 3.63) is 50.6 Å². The van der Waals surface area contributed by atoms with Crippen LogP contribution in [0.4, 0.5) is 0 Å². The number of aromatic nitrogens is 3. The van der Waals surface area contributed by atoms with Gasteiger partial charge in [-0.1, -0.05) is 0 Å². The molecular formula is C17H17N3O4S. The van der Waals surface area contributed by atoms with Crippen LogP contribution < -0.4 is 5.56 Å². The molecule has 0 saturated carbocycles. The highest BCUT2D eigenvalue weighted by Crippen LogP contribution is 2.20. The Balaban J connectivity index is 1.93. The minimum atomic E-state index is -0.466. The number of carbonyl (C=O) groups is 2. The molecule has 1 N–H and O–H groups in total. The number of ether oxygens (including phenoxy) is 1. The number of aromatic amines is 1. The maximum absolute atomic E-state index is 12.6. The number of aryl methyl sites for hydroxylation is 1. The van der Waals surface area contributed by atoms with Gasteiger partial charge in [-0.25, -0.2) is 9.78 Å². The lowest BCUT2D eigenvalue weighted by Gasteiger charge is -2.05. The fraction of sp³-hybridized carbons (Fsp3) is 0.294. The van der Waals surface area contributed by atoms with Gasteiger partial charge in [0, 0.05) is 5.69 Å². The molecule has 0 radical (unpaired) electrons. The summed E-state index contributed by atoms with van der Waals surface area (Å²) in [5.41, 5.74) is 2.14. The van der Waals surface area contributed by atoms with Gasteiger partial charge in [-0.2, -0.15) is 0 Å². The number of hydrogen-bond donors (Lipinski definition) is 1. The highest BCUT2D eigenvalue weighted by atomic mass is 32.1. The van der Waals surface area contributed by atoms with Crippen molar-refractivity contribution >= 4 is 33.3 Å². The van der Waals surface area contributed by atoms with Crippen molar-refractivity contribution in [3.8, 4) is 0 Å². The van der Waals surface area contributed by atoms with Gasteiger partial charge in [-0.3, -0.25) is 14.2 Å². The predicted octanol–water partition coefficient (Wildman–Crippen LogP) is 2.46. The van der Waals surface area contributed by atoms with Crippen LogP contribution in [0.5, 0.6) is 0 Å². The molecule has 0 aliphatic carbocycles. The minimum Gasteiger partial charge on any atom is -0.462 e. The molecule has 3 aromatic heterocycles. The molecule has 130 valence electrons. The standard InChI is InChI=1S/C17H17N3O4S/c1-4-24-17(23)13-9(2)14(19-10(13)3)12(21)7-20-8-18-11-5-6-25-15(11)16(20)22/h5-6,8,19H,4,7H2,1-3H3. The number of ketones is 1. The van der Waals surface area contributed by atoms with Gasteiger partial charge in [0.25, 0.3) is 5.56 Å². The number of nitrogens with zero attached hydrogens (tertiary/aromatic N) is 2. The molecule has 0 fully saturated rings. The van der Waals surface area contributed by atoms with Crippen LogP contribution in [0.2, 0.25) is 0 Å². The van der Waals surface area contributed by atoms with Gasteiger partial charge in [0.2, 0.25) is 0 Å². The van der Waals surface area contributed by atoms with Crippen molar-refractivity contribution in [2.75, 3.05) is 6.61 Å². The first kappa shape index (κ1) is 17.1. The van der Waals surface area contributed by atoms with Gasteiger partial charge in [0.1, 0.15) is 4.70 Å². The number of H-pyrrole nitrogens is 1. The Morgan fingerprint density at radius 1 is 1.36 bits per heavy atom. The number of thiophene rings is 1. The molecular weight excluding hydrogens is 342 g/mol. The van der Waals surface area contributed by atoms with Gasteiger partial charge < -0.3 is 9.72 Å². The summed E-state index contributed by atoms with van der Waals surface area (Å²) in [6, 6.07) is 1.76. The Bertz CT molecular complexity index is 1030. The molecule has 0 saturated heterocycles. The van der Waals surface area contributed by atoms with Crippen LogP contribution in [0.15, 0.2) is 22.6 Å². The van der Waals surface area contributed by atoms with Crippen LogP contribution in [0.25, 0.3) is 10.2 Å². The van der Waals surface area contributed by atoms with Crippen LogP contribution in [-0.4, -0.2) is 32.9 Å².